The molecule has 0 N–H and O–H groups in total. The maximum absolute atomic E-state index is 6.26. The molecule has 0 radical (unpaired) electrons. The highest BCUT2D eigenvalue weighted by Crippen LogP contribution is 2.23. The molecule has 0 aliphatic heterocycles. The van der Waals surface area contributed by atoms with E-state index in [0.29, 0.717) is 5.02 Å². The van der Waals surface area contributed by atoms with Gasteiger partial charge in [0.2, 0.25) is 0 Å². The summed E-state index contributed by atoms with van der Waals surface area (Å²) in [6.07, 6.45) is 8.08. The van der Waals surface area contributed by atoms with Crippen molar-refractivity contribution >= 4 is 23.2 Å². The lowest BCUT2D eigenvalue weighted by atomic mass is 10.1. The Morgan fingerprint density at radius 2 is 1.57 bits per heavy atom. The van der Waals surface area contributed by atoms with Gasteiger partial charge in [-0.25, -0.2) is 0 Å². The van der Waals surface area contributed by atoms with Crippen molar-refractivity contribution in [2.45, 2.75) is 52.0 Å². The SMILES string of the molecule is CCCCCCCC[N+](C)(C)Cc1ccc(Cl)cc1Cl.[Cl-]. The molecule has 0 spiro atoms. The van der Waals surface area contributed by atoms with Crippen LogP contribution in [0.2, 0.25) is 10.0 Å². The fourth-order valence-electron chi connectivity index (χ4n) is 2.51. The normalized spacial score (nSPS) is 11.3. The smallest absolute Gasteiger partial charge is 0.105 e. The molecule has 0 bridgehead atoms. The lowest BCUT2D eigenvalue weighted by Gasteiger charge is -2.30. The molecule has 0 atom stereocenters. The van der Waals surface area contributed by atoms with Crippen LogP contribution < -0.4 is 12.4 Å². The maximum Gasteiger partial charge on any atom is 0.105 e. The minimum atomic E-state index is 0. The molecule has 1 nitrogen and oxygen atoms in total. The average Bonchev–Trinajstić information content (AvgIpc) is 2.37. The number of rotatable bonds is 9. The Morgan fingerprint density at radius 1 is 0.952 bits per heavy atom. The van der Waals surface area contributed by atoms with E-state index in [2.05, 4.69) is 21.0 Å². The lowest BCUT2D eigenvalue weighted by Crippen LogP contribution is -3.00. The van der Waals surface area contributed by atoms with E-state index in [1.54, 1.807) is 0 Å². The summed E-state index contributed by atoms with van der Waals surface area (Å²) in [5, 5.41) is 1.49. The van der Waals surface area contributed by atoms with Gasteiger partial charge in [0.1, 0.15) is 6.54 Å². The molecular weight excluding hydrogens is 325 g/mol. The molecule has 0 aromatic heterocycles. The predicted octanol–water partition coefficient (Wildman–Crippen LogP) is 2.93. The van der Waals surface area contributed by atoms with Gasteiger partial charge in [0.15, 0.2) is 0 Å². The monoisotopic (exact) mass is 351 g/mol. The number of unbranched alkanes of at least 4 members (excludes halogenated alkanes) is 5. The summed E-state index contributed by atoms with van der Waals surface area (Å²) >= 11 is 12.2. The highest BCUT2D eigenvalue weighted by atomic mass is 35.5. The first-order chi connectivity index (χ1) is 9.44. The van der Waals surface area contributed by atoms with Crippen LogP contribution in [0.25, 0.3) is 0 Å². The van der Waals surface area contributed by atoms with E-state index in [9.17, 15) is 0 Å². The summed E-state index contributed by atoms with van der Waals surface area (Å²) < 4.78 is 0.981. The predicted molar refractivity (Wildman–Crippen MR) is 90.5 cm³/mol. The molecule has 1 rings (SSSR count). The third kappa shape index (κ3) is 8.93. The zero-order valence-electron chi connectivity index (χ0n) is 13.5. The first kappa shape index (κ1) is 21.0. The topological polar surface area (TPSA) is 0 Å². The van der Waals surface area contributed by atoms with Crippen LogP contribution in [0.5, 0.6) is 0 Å². The van der Waals surface area contributed by atoms with E-state index in [-0.39, 0.29) is 12.4 Å². The van der Waals surface area contributed by atoms with Gasteiger partial charge in [0.25, 0.3) is 0 Å². The number of halogens is 3. The molecule has 0 aliphatic carbocycles. The van der Waals surface area contributed by atoms with Crippen molar-refractivity contribution in [2.24, 2.45) is 0 Å². The van der Waals surface area contributed by atoms with E-state index in [0.717, 1.165) is 16.1 Å². The maximum atomic E-state index is 6.26. The zero-order valence-corrected chi connectivity index (χ0v) is 15.7. The Morgan fingerprint density at radius 3 is 2.19 bits per heavy atom. The standard InChI is InChI=1S/C17H28Cl2N.ClH/c1-4-5-6-7-8-9-12-20(2,3)14-15-10-11-16(18)13-17(15)19;/h10-11,13H,4-9,12,14H2,1-3H3;1H/q+1;/p-1. The second-order valence-electron chi connectivity index (χ2n) is 6.32. The van der Waals surface area contributed by atoms with Crippen molar-refractivity contribution in [3.05, 3.63) is 33.8 Å². The molecule has 0 saturated carbocycles. The second kappa shape index (κ2) is 10.7. The van der Waals surface area contributed by atoms with Crippen molar-refractivity contribution in [1.82, 2.24) is 0 Å². The molecule has 4 heteroatoms. The molecule has 1 aromatic carbocycles. The van der Waals surface area contributed by atoms with Crippen LogP contribution in [0.4, 0.5) is 0 Å². The van der Waals surface area contributed by atoms with E-state index >= 15 is 0 Å². The number of quaternary nitrogens is 1. The highest BCUT2D eigenvalue weighted by molar-refractivity contribution is 6.35. The van der Waals surface area contributed by atoms with Gasteiger partial charge in [-0.1, -0.05) is 61.9 Å². The van der Waals surface area contributed by atoms with Crippen LogP contribution in [0.1, 0.15) is 51.0 Å². The fourth-order valence-corrected chi connectivity index (χ4v) is 2.98. The Balaban J connectivity index is 0.00000400. The first-order valence-electron chi connectivity index (χ1n) is 7.70. The van der Waals surface area contributed by atoms with Gasteiger partial charge in [-0.3, -0.25) is 0 Å². The Hall–Kier alpha value is 0.0500. The number of nitrogens with zero attached hydrogens (tertiary/aromatic N) is 1. The zero-order chi connectivity index (χ0) is 15.0. The molecule has 0 heterocycles. The minimum Gasteiger partial charge on any atom is -1.00 e. The lowest BCUT2D eigenvalue weighted by molar-refractivity contribution is -0.903. The fraction of sp³-hybridized carbons (Fsp3) is 0.647. The molecule has 0 aliphatic rings. The van der Waals surface area contributed by atoms with Gasteiger partial charge in [-0.15, -0.1) is 0 Å². The largest absolute Gasteiger partial charge is 1.00 e. The van der Waals surface area contributed by atoms with Crippen molar-refractivity contribution in [3.8, 4) is 0 Å². The van der Waals surface area contributed by atoms with Gasteiger partial charge in [-0.05, 0) is 25.0 Å². The third-order valence-electron chi connectivity index (χ3n) is 3.73. The quantitative estimate of drug-likeness (QED) is 0.473. The Kier molecular flexibility index (Phi) is 10.7. The van der Waals surface area contributed by atoms with E-state index in [1.165, 1.54) is 50.6 Å². The molecule has 0 amide bonds. The van der Waals surface area contributed by atoms with Gasteiger partial charge in [-0.2, -0.15) is 0 Å². The summed E-state index contributed by atoms with van der Waals surface area (Å²) in [7, 11) is 4.55. The van der Waals surface area contributed by atoms with Gasteiger partial charge in [0, 0.05) is 10.6 Å². The summed E-state index contributed by atoms with van der Waals surface area (Å²) in [6.45, 7) is 4.42. The minimum absolute atomic E-state index is 0. The first-order valence-corrected chi connectivity index (χ1v) is 8.46. The molecule has 1 aromatic rings. The van der Waals surface area contributed by atoms with Crippen LogP contribution >= 0.6 is 23.2 Å². The van der Waals surface area contributed by atoms with Gasteiger partial charge < -0.3 is 16.9 Å². The van der Waals surface area contributed by atoms with E-state index < -0.39 is 0 Å². The summed E-state index contributed by atoms with van der Waals surface area (Å²) in [4.78, 5) is 0. The third-order valence-corrected chi connectivity index (χ3v) is 4.32. The van der Waals surface area contributed by atoms with Crippen LogP contribution in [-0.4, -0.2) is 25.1 Å². The van der Waals surface area contributed by atoms with E-state index in [1.807, 2.05) is 18.2 Å². The Labute approximate surface area is 146 Å². The summed E-state index contributed by atoms with van der Waals surface area (Å²) in [5.74, 6) is 0. The van der Waals surface area contributed by atoms with Crippen LogP contribution in [0, 0.1) is 0 Å². The number of hydrogen-bond donors (Lipinski definition) is 0. The van der Waals surface area contributed by atoms with Gasteiger partial charge >= 0.3 is 0 Å². The number of hydrogen-bond acceptors (Lipinski definition) is 0. The van der Waals surface area contributed by atoms with Crippen LogP contribution in [0.15, 0.2) is 18.2 Å². The van der Waals surface area contributed by atoms with Crippen LogP contribution in [0.3, 0.4) is 0 Å². The van der Waals surface area contributed by atoms with E-state index in [4.69, 9.17) is 23.2 Å². The average molecular weight is 353 g/mol. The molecule has 0 saturated heterocycles. The molecule has 122 valence electrons. The Bertz CT molecular complexity index is 405. The second-order valence-corrected chi connectivity index (χ2v) is 7.16. The molecular formula is C17H28Cl3N. The number of benzene rings is 1. The molecule has 0 fully saturated rings. The highest BCUT2D eigenvalue weighted by Gasteiger charge is 2.17. The van der Waals surface area contributed by atoms with Crippen molar-refractivity contribution < 1.29 is 16.9 Å². The van der Waals surface area contributed by atoms with Crippen molar-refractivity contribution in [3.63, 3.8) is 0 Å². The summed E-state index contributed by atoms with van der Waals surface area (Å²) in [5.41, 5.74) is 1.19. The summed E-state index contributed by atoms with van der Waals surface area (Å²) in [6, 6.07) is 5.81. The van der Waals surface area contributed by atoms with Crippen molar-refractivity contribution in [2.75, 3.05) is 20.6 Å². The molecule has 0 unspecified atom stereocenters. The van der Waals surface area contributed by atoms with Crippen LogP contribution in [-0.2, 0) is 6.54 Å². The van der Waals surface area contributed by atoms with Gasteiger partial charge in [0.05, 0.1) is 25.7 Å². The molecule has 21 heavy (non-hydrogen) atoms. The van der Waals surface area contributed by atoms with Crippen molar-refractivity contribution in [1.29, 1.82) is 0 Å².